The van der Waals surface area contributed by atoms with Crippen LogP contribution in [0.5, 0.6) is 0 Å². The van der Waals surface area contributed by atoms with Crippen molar-refractivity contribution in [1.29, 1.82) is 0 Å². The van der Waals surface area contributed by atoms with E-state index in [1.54, 1.807) is 0 Å². The lowest BCUT2D eigenvalue weighted by Crippen LogP contribution is -2.21. The normalized spacial score (nSPS) is 10.6. The maximum absolute atomic E-state index is 11.3. The molecule has 0 saturated carbocycles. The number of methoxy groups -OCH3 is 2. The Morgan fingerprint density at radius 3 is 1.95 bits per heavy atom. The average Bonchev–Trinajstić information content (AvgIpc) is 2.45. The lowest BCUT2D eigenvalue weighted by atomic mass is 10.0. The summed E-state index contributed by atoms with van der Waals surface area (Å²) >= 11 is 0. The number of carbonyl (C=O) groups excluding carboxylic acids is 3. The van der Waals surface area contributed by atoms with Crippen LogP contribution < -0.4 is 5.73 Å². The minimum atomic E-state index is -1.24. The number of ether oxygens (including phenoxy) is 2. The first-order chi connectivity index (χ1) is 9.70. The van der Waals surface area contributed by atoms with Crippen LogP contribution in [-0.4, -0.2) is 43.1 Å². The number of esters is 2. The fourth-order valence-corrected chi connectivity index (χ4v) is 0.901. The van der Waals surface area contributed by atoms with Gasteiger partial charge in [-0.25, -0.2) is 9.59 Å². The summed E-state index contributed by atoms with van der Waals surface area (Å²) in [4.78, 5) is 42.1. The molecule has 8 nitrogen and oxygen atoms in total. The summed E-state index contributed by atoms with van der Waals surface area (Å²) < 4.78 is 8.78. The Kier molecular flexibility index (Phi) is 10.7. The summed E-state index contributed by atoms with van der Waals surface area (Å²) in [6.07, 6.45) is 2.79. The van der Waals surface area contributed by atoms with Gasteiger partial charge in [0, 0.05) is 11.6 Å². The van der Waals surface area contributed by atoms with E-state index in [1.165, 1.54) is 0 Å². The molecule has 0 spiro atoms. The fraction of sp³-hybridized carbons (Fsp3) is 0.231. The molecule has 0 heterocycles. The quantitative estimate of drug-likeness (QED) is 0.512. The number of carboxylic acids is 1. The van der Waals surface area contributed by atoms with Crippen molar-refractivity contribution in [2.24, 2.45) is 11.7 Å². The predicted molar refractivity (Wildman–Crippen MR) is 72.8 cm³/mol. The van der Waals surface area contributed by atoms with E-state index < -0.39 is 29.7 Å². The smallest absolute Gasteiger partial charge is 0.334 e. The van der Waals surface area contributed by atoms with Gasteiger partial charge < -0.3 is 20.3 Å². The number of carbonyl (C=O) groups is 4. The molecular formula is C13H17NO7. The van der Waals surface area contributed by atoms with Crippen molar-refractivity contribution in [1.82, 2.24) is 0 Å². The van der Waals surface area contributed by atoms with Crippen molar-refractivity contribution in [2.75, 3.05) is 14.2 Å². The SMILES string of the molecule is C=C(C(=O)OC)C(C=CC(=O)O)C(=O)OC.C=CC(N)=O. The summed E-state index contributed by atoms with van der Waals surface area (Å²) in [6.45, 7) is 6.44. The Bertz CT molecular complexity index is 465. The van der Waals surface area contributed by atoms with Crippen LogP contribution in [-0.2, 0) is 28.7 Å². The highest BCUT2D eigenvalue weighted by Crippen LogP contribution is 2.14. The van der Waals surface area contributed by atoms with Gasteiger partial charge in [0.15, 0.2) is 0 Å². The second kappa shape index (κ2) is 11.0. The molecule has 0 aromatic carbocycles. The minimum Gasteiger partial charge on any atom is -0.478 e. The molecule has 21 heavy (non-hydrogen) atoms. The Morgan fingerprint density at radius 1 is 1.19 bits per heavy atom. The van der Waals surface area contributed by atoms with Crippen LogP contribution in [0, 0.1) is 5.92 Å². The molecule has 8 heteroatoms. The summed E-state index contributed by atoms with van der Waals surface area (Å²) in [5.74, 6) is -4.47. The van der Waals surface area contributed by atoms with Crippen molar-refractivity contribution in [3.05, 3.63) is 37.0 Å². The van der Waals surface area contributed by atoms with Crippen molar-refractivity contribution in [3.8, 4) is 0 Å². The van der Waals surface area contributed by atoms with Gasteiger partial charge in [0.2, 0.25) is 5.91 Å². The number of hydrogen-bond acceptors (Lipinski definition) is 6. The van der Waals surface area contributed by atoms with Crippen LogP contribution in [0.25, 0.3) is 0 Å². The molecule has 0 fully saturated rings. The molecule has 0 bridgehead atoms. The number of amides is 1. The first-order valence-corrected chi connectivity index (χ1v) is 5.39. The van der Waals surface area contributed by atoms with Crippen LogP contribution >= 0.6 is 0 Å². The fourth-order valence-electron chi connectivity index (χ4n) is 0.901. The van der Waals surface area contributed by atoms with Gasteiger partial charge in [0.25, 0.3) is 0 Å². The summed E-state index contributed by atoms with van der Waals surface area (Å²) in [6, 6.07) is 0. The van der Waals surface area contributed by atoms with Crippen LogP contribution in [0.4, 0.5) is 0 Å². The number of hydrogen-bond donors (Lipinski definition) is 2. The maximum Gasteiger partial charge on any atom is 0.334 e. The predicted octanol–water partition coefficient (Wildman–Crippen LogP) is -0.197. The number of carboxylic acid groups (broad SMARTS) is 1. The van der Waals surface area contributed by atoms with E-state index in [9.17, 15) is 19.2 Å². The van der Waals surface area contributed by atoms with Crippen molar-refractivity contribution in [3.63, 3.8) is 0 Å². The Balaban J connectivity index is 0. The van der Waals surface area contributed by atoms with Crippen LogP contribution in [0.15, 0.2) is 37.0 Å². The van der Waals surface area contributed by atoms with Gasteiger partial charge >= 0.3 is 17.9 Å². The molecule has 1 amide bonds. The van der Waals surface area contributed by atoms with Gasteiger partial charge in [-0.3, -0.25) is 9.59 Å². The van der Waals surface area contributed by atoms with E-state index >= 15 is 0 Å². The summed E-state index contributed by atoms with van der Waals surface area (Å²) in [5, 5.41) is 8.41. The molecule has 3 N–H and O–H groups in total. The van der Waals surface area contributed by atoms with Gasteiger partial charge in [-0.05, 0) is 6.08 Å². The zero-order valence-corrected chi connectivity index (χ0v) is 11.7. The highest BCUT2D eigenvalue weighted by atomic mass is 16.5. The lowest BCUT2D eigenvalue weighted by molar-refractivity contribution is -0.145. The minimum absolute atomic E-state index is 0.188. The third kappa shape index (κ3) is 9.65. The third-order valence-electron chi connectivity index (χ3n) is 1.91. The molecule has 0 aromatic heterocycles. The zero-order chi connectivity index (χ0) is 17.0. The number of primary amides is 1. The molecular weight excluding hydrogens is 282 g/mol. The van der Waals surface area contributed by atoms with E-state index in [0.717, 1.165) is 32.4 Å². The van der Waals surface area contributed by atoms with E-state index in [4.69, 9.17) is 5.11 Å². The molecule has 0 rings (SSSR count). The van der Waals surface area contributed by atoms with Crippen molar-refractivity contribution >= 4 is 23.8 Å². The Hall–Kier alpha value is -2.90. The van der Waals surface area contributed by atoms with Gasteiger partial charge in [-0.1, -0.05) is 19.2 Å². The van der Waals surface area contributed by atoms with Gasteiger partial charge in [0.1, 0.15) is 5.92 Å². The van der Waals surface area contributed by atoms with E-state index in [-0.39, 0.29) is 5.57 Å². The first-order valence-electron chi connectivity index (χ1n) is 5.39. The average molecular weight is 299 g/mol. The van der Waals surface area contributed by atoms with Gasteiger partial charge in [0.05, 0.1) is 14.2 Å². The van der Waals surface area contributed by atoms with Crippen molar-refractivity contribution in [2.45, 2.75) is 0 Å². The van der Waals surface area contributed by atoms with Crippen molar-refractivity contribution < 1.29 is 33.8 Å². The number of aliphatic carboxylic acids is 1. The first kappa shape index (κ1) is 20.4. The highest BCUT2D eigenvalue weighted by molar-refractivity contribution is 5.96. The molecule has 0 aliphatic heterocycles. The monoisotopic (exact) mass is 299 g/mol. The largest absolute Gasteiger partial charge is 0.478 e. The van der Waals surface area contributed by atoms with Crippen LogP contribution in [0.1, 0.15) is 0 Å². The number of rotatable bonds is 6. The second-order valence-electron chi connectivity index (χ2n) is 3.32. The highest BCUT2D eigenvalue weighted by Gasteiger charge is 2.25. The van der Waals surface area contributed by atoms with Crippen LogP contribution in [0.2, 0.25) is 0 Å². The van der Waals surface area contributed by atoms with E-state index in [0.29, 0.717) is 0 Å². The topological polar surface area (TPSA) is 133 Å². The van der Waals surface area contributed by atoms with Gasteiger partial charge in [-0.2, -0.15) is 0 Å². The molecule has 0 radical (unpaired) electrons. The standard InChI is InChI=1S/C10H12O6.C3H5NO/c1-6(9(13)15-2)7(10(14)16-3)4-5-8(11)12;1-2-3(4)5/h4-5,7H,1H2,2-3H3,(H,11,12);2H,1H2,(H2,4,5). The lowest BCUT2D eigenvalue weighted by Gasteiger charge is -2.11. The molecule has 0 aromatic rings. The second-order valence-corrected chi connectivity index (χ2v) is 3.32. The van der Waals surface area contributed by atoms with E-state index in [1.807, 2.05) is 0 Å². The molecule has 0 saturated heterocycles. The van der Waals surface area contributed by atoms with Gasteiger partial charge in [-0.15, -0.1) is 0 Å². The Morgan fingerprint density at radius 2 is 1.67 bits per heavy atom. The zero-order valence-electron chi connectivity index (χ0n) is 11.7. The number of nitrogens with two attached hydrogens (primary N) is 1. The summed E-state index contributed by atoms with van der Waals surface area (Å²) in [5.41, 5.74) is 4.35. The van der Waals surface area contributed by atoms with E-state index in [2.05, 4.69) is 28.4 Å². The molecule has 0 aliphatic carbocycles. The van der Waals surface area contributed by atoms with Crippen LogP contribution in [0.3, 0.4) is 0 Å². The molecule has 1 unspecified atom stereocenters. The Labute approximate surface area is 121 Å². The molecule has 116 valence electrons. The molecule has 1 atom stereocenters. The third-order valence-corrected chi connectivity index (χ3v) is 1.91. The summed E-state index contributed by atoms with van der Waals surface area (Å²) in [7, 11) is 2.25. The maximum atomic E-state index is 11.3. The molecule has 0 aliphatic rings.